The van der Waals surface area contributed by atoms with Gasteiger partial charge in [0.25, 0.3) is 14.7 Å². The minimum atomic E-state index is -4.18. The average molecular weight is 288 g/mol. The molecule has 0 radical (unpaired) electrons. The lowest BCUT2D eigenvalue weighted by molar-refractivity contribution is -0.385. The van der Waals surface area contributed by atoms with Crippen molar-refractivity contribution < 1.29 is 18.1 Å². The molecule has 0 N–H and O–H groups in total. The second-order valence-electron chi connectivity index (χ2n) is 3.15. The maximum absolute atomic E-state index is 11.3. The molecule has 18 heavy (non-hydrogen) atoms. The highest BCUT2D eigenvalue weighted by molar-refractivity contribution is 8.13. The molecule has 0 heterocycles. The predicted molar refractivity (Wildman–Crippen MR) is 63.7 cm³/mol. The van der Waals surface area contributed by atoms with Crippen LogP contribution >= 0.6 is 10.7 Å². The molecule has 0 spiro atoms. The molecule has 8 heteroatoms. The molecule has 0 aromatic heterocycles. The van der Waals surface area contributed by atoms with Crippen LogP contribution in [0.3, 0.4) is 0 Å². The second kappa shape index (κ2) is 5.16. The van der Waals surface area contributed by atoms with E-state index in [1.807, 2.05) is 0 Å². The van der Waals surface area contributed by atoms with Crippen LogP contribution in [-0.4, -0.2) is 19.1 Å². The number of nitrogens with zero attached hydrogens (tertiary/aromatic N) is 1. The van der Waals surface area contributed by atoms with Crippen molar-refractivity contribution in [3.05, 3.63) is 33.9 Å². The van der Waals surface area contributed by atoms with Crippen molar-refractivity contribution in [2.24, 2.45) is 0 Å². The number of nitro groups is 1. The third kappa shape index (κ3) is 3.29. The lowest BCUT2D eigenvalue weighted by Gasteiger charge is -2.01. The fourth-order valence-electron chi connectivity index (χ4n) is 1.15. The Hall–Kier alpha value is -1.91. The average Bonchev–Trinajstić information content (AvgIpc) is 2.24. The summed E-state index contributed by atoms with van der Waals surface area (Å²) < 4.78 is 22.5. The molecule has 0 amide bonds. The fourth-order valence-corrected chi connectivity index (χ4v) is 2.18. The first-order valence-electron chi connectivity index (χ1n) is 4.48. The summed E-state index contributed by atoms with van der Waals surface area (Å²) in [5, 5.41) is 10.8. The van der Waals surface area contributed by atoms with E-state index in [9.17, 15) is 23.3 Å². The van der Waals surface area contributed by atoms with Crippen LogP contribution in [0, 0.1) is 22.0 Å². The molecule has 0 saturated carbocycles. The van der Waals surface area contributed by atoms with E-state index in [0.717, 1.165) is 19.1 Å². The Labute approximate surface area is 107 Å². The topological polar surface area (TPSA) is 94.3 Å². The second-order valence-corrected chi connectivity index (χ2v) is 5.69. The summed E-state index contributed by atoms with van der Waals surface area (Å²) in [6.07, 6.45) is 0. The standard InChI is InChI=1S/C10H6ClNO5S/c1-7(13)5-6-8-9(12(14)15)3-2-4-10(8)18(11,16)17/h2-4H,1H3. The fraction of sp³-hybridized carbons (Fsp3) is 0.100. The smallest absolute Gasteiger partial charge is 0.285 e. The molecular weight excluding hydrogens is 282 g/mol. The lowest BCUT2D eigenvalue weighted by Crippen LogP contribution is -2.00. The number of nitro benzene ring substituents is 1. The van der Waals surface area contributed by atoms with E-state index in [2.05, 4.69) is 11.8 Å². The molecule has 0 aliphatic carbocycles. The molecule has 1 rings (SSSR count). The molecule has 0 unspecified atom stereocenters. The summed E-state index contributed by atoms with van der Waals surface area (Å²) in [7, 11) is 0.969. The number of ketones is 1. The van der Waals surface area contributed by atoms with Crippen LogP contribution < -0.4 is 0 Å². The number of hydrogen-bond acceptors (Lipinski definition) is 5. The largest absolute Gasteiger partial charge is 0.286 e. The van der Waals surface area contributed by atoms with Crippen molar-refractivity contribution in [2.45, 2.75) is 11.8 Å². The summed E-state index contributed by atoms with van der Waals surface area (Å²) >= 11 is 0. The number of halogens is 1. The normalized spacial score (nSPS) is 10.3. The highest BCUT2D eigenvalue weighted by Crippen LogP contribution is 2.27. The van der Waals surface area contributed by atoms with Crippen molar-refractivity contribution in [3.8, 4) is 11.8 Å². The predicted octanol–water partition coefficient (Wildman–Crippen LogP) is 1.46. The van der Waals surface area contributed by atoms with E-state index >= 15 is 0 Å². The number of benzene rings is 1. The van der Waals surface area contributed by atoms with Gasteiger partial charge in [-0.3, -0.25) is 14.9 Å². The highest BCUT2D eigenvalue weighted by atomic mass is 35.7. The van der Waals surface area contributed by atoms with Crippen molar-refractivity contribution in [2.75, 3.05) is 0 Å². The molecule has 6 nitrogen and oxygen atoms in total. The molecular formula is C10H6ClNO5S. The molecule has 0 atom stereocenters. The number of Topliss-reactive ketones (excluding diaryl/α,β-unsaturated/α-hetero) is 1. The van der Waals surface area contributed by atoms with Gasteiger partial charge in [0.05, 0.1) is 4.92 Å². The highest BCUT2D eigenvalue weighted by Gasteiger charge is 2.23. The van der Waals surface area contributed by atoms with Crippen molar-refractivity contribution in [1.82, 2.24) is 0 Å². The Balaban J connectivity index is 3.67. The Kier molecular flexibility index (Phi) is 4.06. The van der Waals surface area contributed by atoms with Crippen LogP contribution in [-0.2, 0) is 13.8 Å². The van der Waals surface area contributed by atoms with Crippen molar-refractivity contribution in [3.63, 3.8) is 0 Å². The van der Waals surface area contributed by atoms with Gasteiger partial charge in [-0.2, -0.15) is 0 Å². The maximum atomic E-state index is 11.3. The summed E-state index contributed by atoms with van der Waals surface area (Å²) in [6.45, 7) is 1.15. The quantitative estimate of drug-likeness (QED) is 0.355. The van der Waals surface area contributed by atoms with Crippen LogP contribution in [0.15, 0.2) is 23.1 Å². The van der Waals surface area contributed by atoms with Crippen molar-refractivity contribution in [1.29, 1.82) is 0 Å². The van der Waals surface area contributed by atoms with Crippen LogP contribution in [0.2, 0.25) is 0 Å². The van der Waals surface area contributed by atoms with E-state index in [1.54, 1.807) is 0 Å². The summed E-state index contributed by atoms with van der Waals surface area (Å²) in [4.78, 5) is 20.2. The Morgan fingerprint density at radius 2 is 2.06 bits per heavy atom. The number of hydrogen-bond donors (Lipinski definition) is 0. The molecule has 0 saturated heterocycles. The summed E-state index contributed by atoms with van der Waals surface area (Å²) in [6, 6.07) is 3.33. The van der Waals surface area contributed by atoms with E-state index in [1.165, 1.54) is 6.07 Å². The van der Waals surface area contributed by atoms with Gasteiger partial charge in [0.1, 0.15) is 10.5 Å². The van der Waals surface area contributed by atoms with Crippen LogP contribution in [0.5, 0.6) is 0 Å². The molecule has 1 aromatic carbocycles. The van der Waals surface area contributed by atoms with Gasteiger partial charge < -0.3 is 0 Å². The monoisotopic (exact) mass is 287 g/mol. The molecule has 0 bridgehead atoms. The van der Waals surface area contributed by atoms with Gasteiger partial charge >= 0.3 is 0 Å². The molecule has 94 valence electrons. The van der Waals surface area contributed by atoms with Gasteiger partial charge in [-0.1, -0.05) is 6.07 Å². The molecule has 0 aliphatic heterocycles. The van der Waals surface area contributed by atoms with Crippen LogP contribution in [0.4, 0.5) is 5.69 Å². The minimum absolute atomic E-state index is 0.396. The third-order valence-electron chi connectivity index (χ3n) is 1.83. The molecule has 1 aromatic rings. The summed E-state index contributed by atoms with van der Waals surface area (Å²) in [5.74, 6) is 3.67. The molecule has 0 aliphatic rings. The Morgan fingerprint density at radius 3 is 2.50 bits per heavy atom. The van der Waals surface area contributed by atoms with Gasteiger partial charge in [0.2, 0.25) is 5.78 Å². The molecule has 0 fully saturated rings. The van der Waals surface area contributed by atoms with E-state index in [4.69, 9.17) is 10.7 Å². The zero-order valence-corrected chi connectivity index (χ0v) is 10.6. The summed E-state index contributed by atoms with van der Waals surface area (Å²) in [5.41, 5.74) is -0.918. The Morgan fingerprint density at radius 1 is 1.44 bits per heavy atom. The van der Waals surface area contributed by atoms with Gasteiger partial charge in [0.15, 0.2) is 0 Å². The first kappa shape index (κ1) is 14.2. The van der Waals surface area contributed by atoms with E-state index < -0.39 is 35.9 Å². The minimum Gasteiger partial charge on any atom is -0.285 e. The van der Waals surface area contributed by atoms with Crippen LogP contribution in [0.25, 0.3) is 0 Å². The van der Waals surface area contributed by atoms with E-state index in [0.29, 0.717) is 0 Å². The zero-order valence-electron chi connectivity index (χ0n) is 9.01. The van der Waals surface area contributed by atoms with Crippen LogP contribution in [0.1, 0.15) is 12.5 Å². The first-order valence-corrected chi connectivity index (χ1v) is 6.79. The SMILES string of the molecule is CC(=O)C#Cc1c([N+](=O)[O-])cccc1S(=O)(=O)Cl. The Bertz CT molecular complexity index is 684. The van der Waals surface area contributed by atoms with Gasteiger partial charge in [-0.25, -0.2) is 8.42 Å². The van der Waals surface area contributed by atoms with Gasteiger partial charge in [-0.05, 0) is 17.9 Å². The first-order chi connectivity index (χ1) is 8.23. The zero-order chi connectivity index (χ0) is 13.9. The number of carbonyl (C=O) groups is 1. The lowest BCUT2D eigenvalue weighted by atomic mass is 10.2. The van der Waals surface area contributed by atoms with E-state index in [-0.39, 0.29) is 0 Å². The maximum Gasteiger partial charge on any atom is 0.286 e. The third-order valence-corrected chi connectivity index (χ3v) is 3.19. The number of rotatable bonds is 2. The van der Waals surface area contributed by atoms with Gasteiger partial charge in [-0.15, -0.1) is 0 Å². The number of carbonyl (C=O) groups excluding carboxylic acids is 1. The van der Waals surface area contributed by atoms with Gasteiger partial charge in [0, 0.05) is 23.7 Å². The van der Waals surface area contributed by atoms with Crippen molar-refractivity contribution >= 4 is 31.2 Å².